The predicted octanol–water partition coefficient (Wildman–Crippen LogP) is 6.60. The van der Waals surface area contributed by atoms with E-state index >= 15 is 0 Å². The Morgan fingerprint density at radius 3 is 2.40 bits per heavy atom. The van der Waals surface area contributed by atoms with Crippen LogP contribution in [0.25, 0.3) is 0 Å². The molecule has 6 rings (SSSR count). The number of carbonyl (C=O) groups excluding carboxylic acids is 3. The van der Waals surface area contributed by atoms with E-state index in [2.05, 4.69) is 45.7 Å². The van der Waals surface area contributed by atoms with E-state index in [1.807, 2.05) is 26.0 Å². The number of fused-ring (bicyclic) bond motifs is 7. The van der Waals surface area contributed by atoms with Gasteiger partial charge in [0.1, 0.15) is 12.4 Å². The second-order valence-electron chi connectivity index (χ2n) is 15.6. The highest BCUT2D eigenvalue weighted by Gasteiger charge is 2.68. The number of aromatic nitrogens is 2. The number of imidazole rings is 1. The van der Waals surface area contributed by atoms with Crippen molar-refractivity contribution in [2.45, 2.75) is 87.0 Å². The van der Waals surface area contributed by atoms with Crippen LogP contribution in [0.15, 0.2) is 42.0 Å². The highest BCUT2D eigenvalue weighted by Crippen LogP contribution is 2.73. The van der Waals surface area contributed by atoms with Crippen molar-refractivity contribution < 1.29 is 14.4 Å². The second kappa shape index (κ2) is 8.37. The lowest BCUT2D eigenvalue weighted by molar-refractivity contribution is -0.158. The van der Waals surface area contributed by atoms with E-state index in [1.165, 1.54) is 0 Å². The molecule has 3 saturated carbocycles. The number of ketones is 2. The molecule has 212 valence electrons. The Labute approximate surface area is 238 Å². The summed E-state index contributed by atoms with van der Waals surface area (Å²) in [6.45, 7) is 15.3. The Balaban J connectivity index is 1.47. The zero-order chi connectivity index (χ0) is 29.0. The fourth-order valence-electron chi connectivity index (χ4n) is 10.8. The van der Waals surface area contributed by atoms with Gasteiger partial charge in [0.15, 0.2) is 11.6 Å². The summed E-state index contributed by atoms with van der Waals surface area (Å²) in [5.74, 6) is 0.290. The van der Waals surface area contributed by atoms with Crippen LogP contribution < -0.4 is 0 Å². The molecule has 6 nitrogen and oxygen atoms in total. The van der Waals surface area contributed by atoms with Gasteiger partial charge in [-0.3, -0.25) is 19.0 Å². The van der Waals surface area contributed by atoms with Crippen LogP contribution in [0.3, 0.4) is 0 Å². The van der Waals surface area contributed by atoms with Crippen LogP contribution in [0.1, 0.15) is 91.8 Å². The summed E-state index contributed by atoms with van der Waals surface area (Å²) in [5, 5.41) is 9.91. The van der Waals surface area contributed by atoms with Crippen molar-refractivity contribution in [2.24, 2.45) is 56.7 Å². The summed E-state index contributed by atoms with van der Waals surface area (Å²) in [5.41, 5.74) is -0.384. The normalized spacial score (nSPS) is 43.2. The van der Waals surface area contributed by atoms with Crippen molar-refractivity contribution in [1.29, 1.82) is 5.26 Å². The second-order valence-corrected chi connectivity index (χ2v) is 15.6. The molecule has 1 aromatic rings. The molecule has 5 aliphatic rings. The Kier molecular flexibility index (Phi) is 5.72. The lowest BCUT2D eigenvalue weighted by atomic mass is 9.35. The maximum atomic E-state index is 14.5. The summed E-state index contributed by atoms with van der Waals surface area (Å²) >= 11 is 0. The van der Waals surface area contributed by atoms with Crippen molar-refractivity contribution >= 4 is 17.5 Å². The minimum Gasteiger partial charge on any atom is -0.295 e. The number of rotatable bonds is 1. The van der Waals surface area contributed by atoms with E-state index < -0.39 is 10.8 Å². The van der Waals surface area contributed by atoms with Gasteiger partial charge >= 0.3 is 0 Å². The van der Waals surface area contributed by atoms with E-state index in [1.54, 1.807) is 23.3 Å². The Bertz CT molecular complexity index is 1410. The Morgan fingerprint density at radius 1 is 1.02 bits per heavy atom. The molecule has 0 aliphatic heterocycles. The lowest BCUT2D eigenvalue weighted by Gasteiger charge is -2.68. The predicted molar refractivity (Wildman–Crippen MR) is 152 cm³/mol. The van der Waals surface area contributed by atoms with E-state index in [4.69, 9.17) is 0 Å². The molecule has 40 heavy (non-hydrogen) atoms. The maximum Gasteiger partial charge on any atom is 0.235 e. The summed E-state index contributed by atoms with van der Waals surface area (Å²) in [6.07, 6.45) is 14.2. The van der Waals surface area contributed by atoms with Gasteiger partial charge in [-0.05, 0) is 78.6 Å². The van der Waals surface area contributed by atoms with Gasteiger partial charge in [-0.15, -0.1) is 0 Å². The molecular formula is C34H43N3O3. The third-order valence-corrected chi connectivity index (χ3v) is 12.8. The number of nitriles is 1. The number of allylic oxidation sites excluding steroid dienone is 4. The fraction of sp³-hybridized carbons (Fsp3) is 0.676. The smallest absolute Gasteiger partial charge is 0.235 e. The first-order chi connectivity index (χ1) is 18.6. The zero-order valence-electron chi connectivity index (χ0n) is 25.1. The van der Waals surface area contributed by atoms with Crippen molar-refractivity contribution in [3.63, 3.8) is 0 Å². The lowest BCUT2D eigenvalue weighted by Crippen LogP contribution is -2.64. The van der Waals surface area contributed by atoms with Gasteiger partial charge < -0.3 is 0 Å². The molecule has 0 aromatic carbocycles. The molecular weight excluding hydrogens is 498 g/mol. The van der Waals surface area contributed by atoms with Gasteiger partial charge in [-0.2, -0.15) is 5.26 Å². The molecule has 0 spiro atoms. The van der Waals surface area contributed by atoms with E-state index in [0.717, 1.165) is 44.1 Å². The SMILES string of the molecule is CC1(C)CC2C(CC[C@]3(C)C2C(=O)C=C2[C@@]4(C)C=C(C#N)C(=O)C(C)(C)[C@@H]4CC[C@]23C)[C@H](C(=O)n2ccnc2)C1. The minimum atomic E-state index is -0.663. The largest absolute Gasteiger partial charge is 0.295 e. The van der Waals surface area contributed by atoms with Crippen LogP contribution in [0, 0.1) is 68.0 Å². The molecule has 8 atom stereocenters. The molecule has 5 aliphatic carbocycles. The topological polar surface area (TPSA) is 92.8 Å². The molecule has 6 heteroatoms. The number of carbonyl (C=O) groups is 3. The maximum absolute atomic E-state index is 14.5. The molecule has 0 bridgehead atoms. The monoisotopic (exact) mass is 541 g/mol. The summed E-state index contributed by atoms with van der Waals surface area (Å²) in [7, 11) is 0. The fourth-order valence-corrected chi connectivity index (χ4v) is 10.8. The van der Waals surface area contributed by atoms with Crippen LogP contribution in [0.2, 0.25) is 0 Å². The van der Waals surface area contributed by atoms with Gasteiger partial charge in [-0.25, -0.2) is 4.98 Å². The van der Waals surface area contributed by atoms with Crippen LogP contribution >= 0.6 is 0 Å². The summed E-state index contributed by atoms with van der Waals surface area (Å²) in [6, 6.07) is 2.19. The van der Waals surface area contributed by atoms with Gasteiger partial charge in [0.2, 0.25) is 5.91 Å². The molecule has 1 aromatic heterocycles. The molecule has 0 amide bonds. The number of hydrogen-bond donors (Lipinski definition) is 0. The van der Waals surface area contributed by atoms with Crippen molar-refractivity contribution in [3.8, 4) is 6.07 Å². The average Bonchev–Trinajstić information content (AvgIpc) is 3.41. The highest BCUT2D eigenvalue weighted by atomic mass is 16.2. The molecule has 0 radical (unpaired) electrons. The summed E-state index contributed by atoms with van der Waals surface area (Å²) < 4.78 is 1.63. The third kappa shape index (κ3) is 3.39. The summed E-state index contributed by atoms with van der Waals surface area (Å²) in [4.78, 5) is 45.6. The van der Waals surface area contributed by atoms with Gasteiger partial charge in [0.05, 0.1) is 5.57 Å². The number of nitrogens with zero attached hydrogens (tertiary/aromatic N) is 3. The molecule has 0 N–H and O–H groups in total. The van der Waals surface area contributed by atoms with Crippen molar-refractivity contribution in [1.82, 2.24) is 9.55 Å². The standard InChI is InChI=1S/C34H43N3O3/c1-30(2)16-22-21(23(17-30)29(40)37-13-12-36-19-37)8-10-34(7)27(22)24(38)14-26-32(5)15-20(18-35)28(39)31(3,4)25(32)9-11-33(26,34)6/h12-15,19,21-23,25,27H,8-11,16-17H2,1-7H3/t21?,22?,23-,25+,27?,32+,33-,34-/m1/s1. The average molecular weight is 542 g/mol. The van der Waals surface area contributed by atoms with Crippen molar-refractivity contribution in [3.05, 3.63) is 42.0 Å². The zero-order valence-corrected chi connectivity index (χ0v) is 25.1. The number of Topliss-reactive ketones (excluding diaryl/α,β-unsaturated/α-hetero) is 1. The van der Waals surface area contributed by atoms with Crippen LogP contribution in [0.5, 0.6) is 0 Å². The van der Waals surface area contributed by atoms with Crippen molar-refractivity contribution in [2.75, 3.05) is 0 Å². The third-order valence-electron chi connectivity index (χ3n) is 12.8. The van der Waals surface area contributed by atoms with Gasteiger partial charge in [0.25, 0.3) is 0 Å². The van der Waals surface area contributed by atoms with Crippen LogP contribution in [-0.4, -0.2) is 27.0 Å². The first-order valence-corrected chi connectivity index (χ1v) is 15.1. The Morgan fingerprint density at radius 2 is 1.75 bits per heavy atom. The Hall–Kier alpha value is -2.81. The molecule has 3 fully saturated rings. The van der Waals surface area contributed by atoms with E-state index in [0.29, 0.717) is 0 Å². The quantitative estimate of drug-likeness (QED) is 0.399. The van der Waals surface area contributed by atoms with E-state index in [9.17, 15) is 19.6 Å². The van der Waals surface area contributed by atoms with E-state index in [-0.39, 0.29) is 68.9 Å². The molecule has 0 saturated heterocycles. The molecule has 3 unspecified atom stereocenters. The highest BCUT2D eigenvalue weighted by molar-refractivity contribution is 6.04. The first kappa shape index (κ1) is 27.4. The first-order valence-electron chi connectivity index (χ1n) is 15.1. The van der Waals surface area contributed by atoms with Crippen LogP contribution in [-0.2, 0) is 9.59 Å². The van der Waals surface area contributed by atoms with Crippen LogP contribution in [0.4, 0.5) is 0 Å². The molecule has 1 heterocycles. The minimum absolute atomic E-state index is 0.0407. The van der Waals surface area contributed by atoms with Gasteiger partial charge in [-0.1, -0.05) is 60.1 Å². The number of hydrogen-bond acceptors (Lipinski definition) is 5. The van der Waals surface area contributed by atoms with Gasteiger partial charge in [0, 0.05) is 35.1 Å².